The quantitative estimate of drug-likeness (QED) is 0.713. The highest BCUT2D eigenvalue weighted by Gasteiger charge is 2.62. The summed E-state index contributed by atoms with van der Waals surface area (Å²) in [4.78, 5) is 27.8. The van der Waals surface area contributed by atoms with E-state index in [0.29, 0.717) is 36.1 Å². The zero-order valence-corrected chi connectivity index (χ0v) is 20.0. The summed E-state index contributed by atoms with van der Waals surface area (Å²) in [6.45, 7) is 4.85. The molecular formula is C27H38N2O3. The number of piperidine rings is 1. The van der Waals surface area contributed by atoms with Crippen molar-refractivity contribution in [3.63, 3.8) is 0 Å². The Morgan fingerprint density at radius 3 is 2.44 bits per heavy atom. The number of nitrogens with zero attached hydrogens (tertiary/aromatic N) is 1. The number of methoxy groups -OCH3 is 1. The highest BCUT2D eigenvalue weighted by atomic mass is 16.5. The molecule has 5 rings (SSSR count). The topological polar surface area (TPSA) is 58.6 Å². The van der Waals surface area contributed by atoms with E-state index >= 15 is 0 Å². The van der Waals surface area contributed by atoms with Gasteiger partial charge >= 0.3 is 0 Å². The van der Waals surface area contributed by atoms with Crippen LogP contribution in [0.4, 0.5) is 5.69 Å². The number of fused-ring (bicyclic) bond motifs is 5. The van der Waals surface area contributed by atoms with Crippen molar-refractivity contribution < 1.29 is 14.3 Å². The lowest BCUT2D eigenvalue weighted by atomic mass is 9.47. The number of carbonyl (C=O) groups is 2. The fourth-order valence-corrected chi connectivity index (χ4v) is 8.48. The maximum absolute atomic E-state index is 13.4. The molecule has 5 nitrogen and oxygen atoms in total. The lowest BCUT2D eigenvalue weighted by Gasteiger charge is -2.61. The van der Waals surface area contributed by atoms with Gasteiger partial charge in [0.2, 0.25) is 11.8 Å². The standard InChI is InChI=1S/C27H38N2O3/c1-26-15-13-21-19(9-12-23-27(21,2)16-14-24(30)29(23)3)20(26)10-11-22(26)25(31)28-17-5-7-18(32-4)8-6-17/h5-8,19-23H,9-16H2,1-4H3,(H,28,31)/t19-,20-,21-,22+,23+,26-,27+/m0/s1. The third kappa shape index (κ3) is 3.18. The van der Waals surface area contributed by atoms with Gasteiger partial charge in [0.05, 0.1) is 7.11 Å². The van der Waals surface area contributed by atoms with Crippen molar-refractivity contribution in [2.45, 2.75) is 71.3 Å². The van der Waals surface area contributed by atoms with Gasteiger partial charge in [0.1, 0.15) is 5.75 Å². The average Bonchev–Trinajstić information content (AvgIpc) is 3.14. The summed E-state index contributed by atoms with van der Waals surface area (Å²) in [6, 6.07) is 8.03. The van der Waals surface area contributed by atoms with Crippen molar-refractivity contribution in [3.05, 3.63) is 24.3 Å². The van der Waals surface area contributed by atoms with Crippen molar-refractivity contribution in [2.75, 3.05) is 19.5 Å². The molecule has 0 radical (unpaired) electrons. The van der Waals surface area contributed by atoms with Gasteiger partial charge in [-0.2, -0.15) is 0 Å². The molecule has 0 bridgehead atoms. The monoisotopic (exact) mass is 438 g/mol. The van der Waals surface area contributed by atoms with Crippen LogP contribution < -0.4 is 10.1 Å². The summed E-state index contributed by atoms with van der Waals surface area (Å²) >= 11 is 0. The molecule has 5 heteroatoms. The molecule has 4 fully saturated rings. The van der Waals surface area contributed by atoms with E-state index in [2.05, 4.69) is 24.1 Å². The lowest BCUT2D eigenvalue weighted by Crippen LogP contribution is -2.61. The summed E-state index contributed by atoms with van der Waals surface area (Å²) in [6.07, 6.45) is 8.52. The van der Waals surface area contributed by atoms with Crippen molar-refractivity contribution >= 4 is 17.5 Å². The fourth-order valence-electron chi connectivity index (χ4n) is 8.48. The number of rotatable bonds is 3. The molecule has 1 aliphatic heterocycles. The van der Waals surface area contributed by atoms with Crippen molar-refractivity contribution in [1.82, 2.24) is 4.90 Å². The second-order valence-electron chi connectivity index (χ2n) is 11.4. The van der Waals surface area contributed by atoms with E-state index in [1.807, 2.05) is 31.3 Å². The normalized spacial score (nSPS) is 40.8. The lowest BCUT2D eigenvalue weighted by molar-refractivity contribution is -0.159. The number of amides is 2. The van der Waals surface area contributed by atoms with Crippen LogP contribution in [-0.4, -0.2) is 36.9 Å². The van der Waals surface area contributed by atoms with Crippen LogP contribution in [0, 0.1) is 34.5 Å². The van der Waals surface area contributed by atoms with Crippen molar-refractivity contribution in [3.8, 4) is 5.75 Å². The largest absolute Gasteiger partial charge is 0.497 e. The third-order valence-electron chi connectivity index (χ3n) is 10.2. The van der Waals surface area contributed by atoms with E-state index in [-0.39, 0.29) is 22.7 Å². The van der Waals surface area contributed by atoms with Gasteiger partial charge in [0.25, 0.3) is 0 Å². The Labute approximate surface area is 192 Å². The smallest absolute Gasteiger partial charge is 0.228 e. The molecule has 3 saturated carbocycles. The van der Waals surface area contributed by atoms with Gasteiger partial charge in [-0.05, 0) is 97.8 Å². The first-order chi connectivity index (χ1) is 15.3. The second kappa shape index (κ2) is 7.78. The summed E-state index contributed by atoms with van der Waals surface area (Å²) in [7, 11) is 3.67. The predicted octanol–water partition coefficient (Wildman–Crippen LogP) is 5.11. The van der Waals surface area contributed by atoms with Gasteiger partial charge in [0.15, 0.2) is 0 Å². The Morgan fingerprint density at radius 2 is 1.72 bits per heavy atom. The number of hydrogen-bond donors (Lipinski definition) is 1. The van der Waals surface area contributed by atoms with Crippen LogP contribution in [0.1, 0.15) is 65.2 Å². The third-order valence-corrected chi connectivity index (χ3v) is 10.2. The fraction of sp³-hybridized carbons (Fsp3) is 0.704. The predicted molar refractivity (Wildman–Crippen MR) is 125 cm³/mol. The van der Waals surface area contributed by atoms with Crippen LogP contribution in [0.2, 0.25) is 0 Å². The summed E-state index contributed by atoms with van der Waals surface area (Å²) < 4.78 is 5.23. The Kier molecular flexibility index (Phi) is 5.29. The molecule has 0 aromatic heterocycles. The van der Waals surface area contributed by atoms with Gasteiger partial charge < -0.3 is 15.0 Å². The SMILES string of the molecule is COc1ccc(NC(=O)[C@H]2CC[C@H]3[C@@H]4CC[C@H]5N(C)C(=O)CC[C@]5(C)[C@H]4CC[C@]23C)cc1. The number of benzene rings is 1. The van der Waals surface area contributed by atoms with Gasteiger partial charge in [0, 0.05) is 31.1 Å². The van der Waals surface area contributed by atoms with E-state index in [1.165, 1.54) is 12.8 Å². The number of anilines is 1. The van der Waals surface area contributed by atoms with Gasteiger partial charge in [-0.1, -0.05) is 13.8 Å². The first-order valence-corrected chi connectivity index (χ1v) is 12.5. The van der Waals surface area contributed by atoms with Crippen LogP contribution >= 0.6 is 0 Å². The highest BCUT2D eigenvalue weighted by molar-refractivity contribution is 5.93. The number of hydrogen-bond acceptors (Lipinski definition) is 3. The number of carbonyl (C=O) groups excluding carboxylic acids is 2. The summed E-state index contributed by atoms with van der Waals surface area (Å²) in [5.74, 6) is 3.37. The molecule has 2 amide bonds. The maximum atomic E-state index is 13.4. The van der Waals surface area contributed by atoms with Crippen LogP contribution in [0.5, 0.6) is 5.75 Å². The molecular weight excluding hydrogens is 400 g/mol. The molecule has 1 aromatic rings. The molecule has 7 atom stereocenters. The van der Waals surface area contributed by atoms with Crippen LogP contribution in [0.25, 0.3) is 0 Å². The van der Waals surface area contributed by atoms with E-state index in [9.17, 15) is 9.59 Å². The van der Waals surface area contributed by atoms with Gasteiger partial charge in [-0.3, -0.25) is 9.59 Å². The van der Waals surface area contributed by atoms with E-state index in [0.717, 1.165) is 43.5 Å². The molecule has 4 aliphatic rings. The minimum atomic E-state index is 0.0803. The molecule has 0 spiro atoms. The number of ether oxygens (including phenoxy) is 1. The molecule has 1 N–H and O–H groups in total. The van der Waals surface area contributed by atoms with Crippen LogP contribution in [-0.2, 0) is 9.59 Å². The highest BCUT2D eigenvalue weighted by Crippen LogP contribution is 2.66. The van der Waals surface area contributed by atoms with Crippen LogP contribution in [0.15, 0.2) is 24.3 Å². The first-order valence-electron chi connectivity index (χ1n) is 12.5. The number of nitrogens with one attached hydrogen (secondary N) is 1. The first kappa shape index (κ1) is 21.8. The van der Waals surface area contributed by atoms with Crippen molar-refractivity contribution in [1.29, 1.82) is 0 Å². The zero-order valence-electron chi connectivity index (χ0n) is 20.0. The molecule has 32 heavy (non-hydrogen) atoms. The molecule has 0 unspecified atom stereocenters. The average molecular weight is 439 g/mol. The molecule has 1 saturated heterocycles. The Hall–Kier alpha value is -2.04. The van der Waals surface area contributed by atoms with Crippen molar-refractivity contribution in [2.24, 2.45) is 34.5 Å². The van der Waals surface area contributed by atoms with Gasteiger partial charge in [-0.25, -0.2) is 0 Å². The second-order valence-corrected chi connectivity index (χ2v) is 11.4. The summed E-state index contributed by atoms with van der Waals surface area (Å²) in [5.41, 5.74) is 1.16. The maximum Gasteiger partial charge on any atom is 0.228 e. The molecule has 1 heterocycles. The van der Waals surface area contributed by atoms with E-state index in [1.54, 1.807) is 7.11 Å². The minimum Gasteiger partial charge on any atom is -0.497 e. The minimum absolute atomic E-state index is 0.0803. The van der Waals surface area contributed by atoms with Crippen LogP contribution in [0.3, 0.4) is 0 Å². The van der Waals surface area contributed by atoms with E-state index in [4.69, 9.17) is 4.74 Å². The zero-order chi connectivity index (χ0) is 22.7. The van der Waals surface area contributed by atoms with E-state index < -0.39 is 0 Å². The Morgan fingerprint density at radius 1 is 1.00 bits per heavy atom. The number of likely N-dealkylation sites (tertiary alicyclic amines) is 1. The Balaban J connectivity index is 1.33. The molecule has 3 aliphatic carbocycles. The van der Waals surface area contributed by atoms with Gasteiger partial charge in [-0.15, -0.1) is 0 Å². The Bertz CT molecular complexity index is 899. The molecule has 174 valence electrons. The summed E-state index contributed by atoms with van der Waals surface area (Å²) in [5, 5.41) is 3.19. The molecule has 1 aromatic carbocycles.